The van der Waals surface area contributed by atoms with Crippen LogP contribution in [0.3, 0.4) is 0 Å². The van der Waals surface area contributed by atoms with Crippen molar-refractivity contribution in [2.24, 2.45) is 0 Å². The van der Waals surface area contributed by atoms with Crippen LogP contribution in [0.1, 0.15) is 348 Å². The standard InChI is InChI=1S/C68H124O6/c1-4-7-10-13-16-19-22-25-27-28-29-30-31-32-33-34-35-36-37-38-39-40-42-43-46-49-52-55-58-61-67(70)73-64-65(63-72-66(69)60-57-54-51-48-45-24-21-18-15-12-9-6-3)74-68(71)62-59-56-53-50-47-44-41-26-23-20-17-14-11-8-5-2/h8,11,17-18,20-21,26,41,65H,4-7,9-10,12-16,19,22-25,27-40,42-64H2,1-3H3/b11-8-,20-17-,21-18-,41-26-. The second-order valence-electron chi connectivity index (χ2n) is 22.0. The molecule has 0 aliphatic carbocycles. The van der Waals surface area contributed by atoms with Gasteiger partial charge in [0.15, 0.2) is 6.10 Å². The fourth-order valence-corrected chi connectivity index (χ4v) is 9.69. The number of carbonyl (C=O) groups is 3. The predicted octanol–water partition coefficient (Wildman–Crippen LogP) is 22.2. The van der Waals surface area contributed by atoms with Crippen molar-refractivity contribution in [3.63, 3.8) is 0 Å². The summed E-state index contributed by atoms with van der Waals surface area (Å²) < 4.78 is 16.9. The van der Waals surface area contributed by atoms with Crippen LogP contribution in [0.25, 0.3) is 0 Å². The van der Waals surface area contributed by atoms with E-state index in [1.807, 2.05) is 0 Å². The Labute approximate surface area is 460 Å². The summed E-state index contributed by atoms with van der Waals surface area (Å²) in [5.41, 5.74) is 0. The molecule has 0 fully saturated rings. The van der Waals surface area contributed by atoms with Crippen LogP contribution in [0, 0.1) is 0 Å². The third-order valence-electron chi connectivity index (χ3n) is 14.6. The summed E-state index contributed by atoms with van der Waals surface area (Å²) in [5, 5.41) is 0. The Bertz CT molecular complexity index is 1280. The van der Waals surface area contributed by atoms with Gasteiger partial charge in [-0.25, -0.2) is 0 Å². The molecule has 6 nitrogen and oxygen atoms in total. The van der Waals surface area contributed by atoms with E-state index in [1.165, 1.54) is 205 Å². The van der Waals surface area contributed by atoms with Crippen LogP contribution in [0.4, 0.5) is 0 Å². The lowest BCUT2D eigenvalue weighted by Crippen LogP contribution is -2.30. The summed E-state index contributed by atoms with van der Waals surface area (Å²) in [7, 11) is 0. The van der Waals surface area contributed by atoms with Gasteiger partial charge in [-0.1, -0.05) is 301 Å². The quantitative estimate of drug-likeness (QED) is 0.0261. The molecule has 0 aromatic heterocycles. The fourth-order valence-electron chi connectivity index (χ4n) is 9.69. The first kappa shape index (κ1) is 71.4. The molecule has 0 N–H and O–H groups in total. The summed E-state index contributed by atoms with van der Waals surface area (Å²) in [6, 6.07) is 0. The summed E-state index contributed by atoms with van der Waals surface area (Å²) in [6.45, 7) is 6.53. The van der Waals surface area contributed by atoms with Gasteiger partial charge >= 0.3 is 17.9 Å². The fraction of sp³-hybridized carbons (Fsp3) is 0.838. The van der Waals surface area contributed by atoms with Crippen LogP contribution in [0.2, 0.25) is 0 Å². The van der Waals surface area contributed by atoms with Gasteiger partial charge in [-0.15, -0.1) is 0 Å². The van der Waals surface area contributed by atoms with E-state index in [-0.39, 0.29) is 31.1 Å². The number of hydrogen-bond donors (Lipinski definition) is 0. The smallest absolute Gasteiger partial charge is 0.306 e. The number of rotatable bonds is 60. The van der Waals surface area contributed by atoms with Gasteiger partial charge in [0.2, 0.25) is 0 Å². The number of esters is 3. The lowest BCUT2D eigenvalue weighted by Gasteiger charge is -2.18. The highest BCUT2D eigenvalue weighted by molar-refractivity contribution is 5.71. The van der Waals surface area contributed by atoms with E-state index >= 15 is 0 Å². The Balaban J connectivity index is 4.14. The average molecular weight is 1040 g/mol. The van der Waals surface area contributed by atoms with E-state index < -0.39 is 6.10 Å². The minimum absolute atomic E-state index is 0.0797. The zero-order valence-corrected chi connectivity index (χ0v) is 49.6. The van der Waals surface area contributed by atoms with Crippen LogP contribution in [-0.2, 0) is 28.6 Å². The molecule has 0 aliphatic rings. The first-order valence-corrected chi connectivity index (χ1v) is 32.6. The Hall–Kier alpha value is -2.63. The molecular weight excluding hydrogens is 913 g/mol. The van der Waals surface area contributed by atoms with Crippen LogP contribution < -0.4 is 0 Å². The monoisotopic (exact) mass is 1040 g/mol. The number of hydrogen-bond acceptors (Lipinski definition) is 6. The Morgan fingerprint density at radius 2 is 0.527 bits per heavy atom. The third kappa shape index (κ3) is 60.2. The van der Waals surface area contributed by atoms with E-state index in [0.717, 1.165) is 103 Å². The van der Waals surface area contributed by atoms with Gasteiger partial charge in [0, 0.05) is 19.3 Å². The summed E-state index contributed by atoms with van der Waals surface area (Å²) in [4.78, 5) is 38.2. The van der Waals surface area contributed by atoms with Crippen molar-refractivity contribution in [1.29, 1.82) is 0 Å². The maximum atomic E-state index is 12.9. The second kappa shape index (κ2) is 62.9. The minimum Gasteiger partial charge on any atom is -0.462 e. The normalized spacial score (nSPS) is 12.3. The van der Waals surface area contributed by atoms with Crippen molar-refractivity contribution in [1.82, 2.24) is 0 Å². The molecule has 1 unspecified atom stereocenters. The van der Waals surface area contributed by atoms with Gasteiger partial charge in [-0.2, -0.15) is 0 Å². The molecule has 0 radical (unpaired) electrons. The molecule has 74 heavy (non-hydrogen) atoms. The van der Waals surface area contributed by atoms with Gasteiger partial charge < -0.3 is 14.2 Å². The molecule has 0 bridgehead atoms. The lowest BCUT2D eigenvalue weighted by atomic mass is 10.0. The maximum absolute atomic E-state index is 12.9. The van der Waals surface area contributed by atoms with Crippen molar-refractivity contribution in [3.05, 3.63) is 48.6 Å². The molecule has 432 valence electrons. The Morgan fingerprint density at radius 1 is 0.284 bits per heavy atom. The SMILES string of the molecule is CC/C=C\C/C=C\C/C=C\CCCCCCCC(=O)OC(COC(=O)CCCCCCC/C=C\CCCCC)COC(=O)CCCCCCCCCCCCCCCCCCCCCCCCCCCCCCC. The van der Waals surface area contributed by atoms with Crippen LogP contribution in [0.15, 0.2) is 48.6 Å². The topological polar surface area (TPSA) is 78.9 Å². The Kier molecular flexibility index (Phi) is 60.7. The number of allylic oxidation sites excluding steroid dienone is 8. The molecule has 0 heterocycles. The summed E-state index contributed by atoms with van der Waals surface area (Å²) in [5.74, 6) is -0.889. The highest BCUT2D eigenvalue weighted by atomic mass is 16.6. The molecule has 0 amide bonds. The van der Waals surface area contributed by atoms with E-state index in [0.29, 0.717) is 19.3 Å². The maximum Gasteiger partial charge on any atom is 0.306 e. The summed E-state index contributed by atoms with van der Waals surface area (Å²) in [6.07, 6.45) is 78.6. The van der Waals surface area contributed by atoms with Crippen LogP contribution in [0.5, 0.6) is 0 Å². The van der Waals surface area contributed by atoms with Gasteiger partial charge in [0.1, 0.15) is 13.2 Å². The van der Waals surface area contributed by atoms with Crippen molar-refractivity contribution >= 4 is 17.9 Å². The zero-order chi connectivity index (χ0) is 53.6. The molecule has 0 aliphatic heterocycles. The molecule has 0 saturated heterocycles. The minimum atomic E-state index is -0.784. The number of ether oxygens (including phenoxy) is 3. The Morgan fingerprint density at radius 3 is 0.865 bits per heavy atom. The zero-order valence-electron chi connectivity index (χ0n) is 49.6. The molecule has 0 saturated carbocycles. The summed E-state index contributed by atoms with van der Waals surface area (Å²) >= 11 is 0. The molecule has 0 aromatic carbocycles. The highest BCUT2D eigenvalue weighted by Crippen LogP contribution is 2.18. The van der Waals surface area contributed by atoms with E-state index in [1.54, 1.807) is 0 Å². The number of carbonyl (C=O) groups excluding carboxylic acids is 3. The molecular formula is C68H124O6. The highest BCUT2D eigenvalue weighted by Gasteiger charge is 2.19. The first-order chi connectivity index (χ1) is 36.5. The van der Waals surface area contributed by atoms with Crippen molar-refractivity contribution in [3.8, 4) is 0 Å². The van der Waals surface area contributed by atoms with Crippen molar-refractivity contribution in [2.75, 3.05) is 13.2 Å². The lowest BCUT2D eigenvalue weighted by molar-refractivity contribution is -0.167. The van der Waals surface area contributed by atoms with Gasteiger partial charge in [-0.05, 0) is 77.0 Å². The van der Waals surface area contributed by atoms with Gasteiger partial charge in [-0.3, -0.25) is 14.4 Å². The molecule has 0 spiro atoms. The van der Waals surface area contributed by atoms with E-state index in [2.05, 4.69) is 69.4 Å². The van der Waals surface area contributed by atoms with Crippen LogP contribution in [-0.4, -0.2) is 37.2 Å². The largest absolute Gasteiger partial charge is 0.462 e. The van der Waals surface area contributed by atoms with Gasteiger partial charge in [0.05, 0.1) is 0 Å². The van der Waals surface area contributed by atoms with Crippen molar-refractivity contribution in [2.45, 2.75) is 354 Å². The third-order valence-corrected chi connectivity index (χ3v) is 14.6. The molecule has 1 atom stereocenters. The first-order valence-electron chi connectivity index (χ1n) is 32.6. The van der Waals surface area contributed by atoms with Crippen LogP contribution >= 0.6 is 0 Å². The predicted molar refractivity (Wildman–Crippen MR) is 321 cm³/mol. The second-order valence-corrected chi connectivity index (χ2v) is 22.0. The molecule has 0 aromatic rings. The van der Waals surface area contributed by atoms with Crippen molar-refractivity contribution < 1.29 is 28.6 Å². The van der Waals surface area contributed by atoms with E-state index in [9.17, 15) is 14.4 Å². The van der Waals surface area contributed by atoms with E-state index in [4.69, 9.17) is 14.2 Å². The average Bonchev–Trinajstić information content (AvgIpc) is 3.40. The molecule has 6 heteroatoms. The molecule has 0 rings (SSSR count). The number of unbranched alkanes of at least 4 members (excludes halogenated alkanes) is 41. The van der Waals surface area contributed by atoms with Gasteiger partial charge in [0.25, 0.3) is 0 Å².